The SMILES string of the molecule is Cc1c(F)cc(C(=O)N(CCCN2CCOCC2)Cc2ccncc2)cc1[N+](=O)[O-]. The van der Waals surface area contributed by atoms with Crippen LogP contribution in [0.15, 0.2) is 36.7 Å². The number of amides is 1. The van der Waals surface area contributed by atoms with E-state index in [-0.39, 0.29) is 11.1 Å². The quantitative estimate of drug-likeness (QED) is 0.486. The Morgan fingerprint density at radius 2 is 2.00 bits per heavy atom. The van der Waals surface area contributed by atoms with E-state index in [1.807, 2.05) is 0 Å². The number of nitro groups is 1. The van der Waals surface area contributed by atoms with Gasteiger partial charge in [-0.3, -0.25) is 24.8 Å². The second kappa shape index (κ2) is 10.2. The van der Waals surface area contributed by atoms with Crippen LogP contribution in [0.2, 0.25) is 0 Å². The Bertz CT molecular complexity index is 888. The molecule has 1 aromatic carbocycles. The highest BCUT2D eigenvalue weighted by Gasteiger charge is 2.23. The van der Waals surface area contributed by atoms with Gasteiger partial charge in [-0.25, -0.2) is 4.39 Å². The summed E-state index contributed by atoms with van der Waals surface area (Å²) in [5.74, 6) is -1.19. The first-order valence-electron chi connectivity index (χ1n) is 9.88. The van der Waals surface area contributed by atoms with E-state index in [0.717, 1.165) is 43.8 Å². The maximum absolute atomic E-state index is 14.2. The number of rotatable bonds is 8. The highest BCUT2D eigenvalue weighted by molar-refractivity contribution is 5.95. The number of carbonyl (C=O) groups is 1. The number of nitro benzene ring substituents is 1. The van der Waals surface area contributed by atoms with Gasteiger partial charge in [-0.15, -0.1) is 0 Å². The van der Waals surface area contributed by atoms with E-state index in [2.05, 4.69) is 9.88 Å². The lowest BCUT2D eigenvalue weighted by Crippen LogP contribution is -2.39. The van der Waals surface area contributed by atoms with E-state index in [4.69, 9.17) is 4.74 Å². The molecule has 0 unspecified atom stereocenters. The predicted octanol–water partition coefficient (Wildman–Crippen LogP) is 2.80. The molecule has 1 amide bonds. The maximum Gasteiger partial charge on any atom is 0.276 e. The molecule has 8 nitrogen and oxygen atoms in total. The lowest BCUT2D eigenvalue weighted by atomic mass is 10.1. The summed E-state index contributed by atoms with van der Waals surface area (Å²) < 4.78 is 19.6. The fourth-order valence-corrected chi connectivity index (χ4v) is 3.43. The van der Waals surface area contributed by atoms with Gasteiger partial charge < -0.3 is 9.64 Å². The van der Waals surface area contributed by atoms with Crippen LogP contribution in [0.1, 0.15) is 27.9 Å². The number of aromatic nitrogens is 1. The Morgan fingerprint density at radius 3 is 2.67 bits per heavy atom. The Kier molecular flexibility index (Phi) is 7.42. The van der Waals surface area contributed by atoms with Crippen molar-refractivity contribution >= 4 is 11.6 Å². The fraction of sp³-hybridized carbons (Fsp3) is 0.429. The Hall–Kier alpha value is -2.91. The second-order valence-corrected chi connectivity index (χ2v) is 7.25. The molecule has 0 N–H and O–H groups in total. The monoisotopic (exact) mass is 416 g/mol. The van der Waals surface area contributed by atoms with E-state index >= 15 is 0 Å². The number of carbonyl (C=O) groups excluding carboxylic acids is 1. The van der Waals surface area contributed by atoms with Gasteiger partial charge in [-0.2, -0.15) is 0 Å². The summed E-state index contributed by atoms with van der Waals surface area (Å²) >= 11 is 0. The number of halogens is 1. The first-order valence-corrected chi connectivity index (χ1v) is 9.88. The van der Waals surface area contributed by atoms with Gasteiger partial charge in [-0.1, -0.05) is 0 Å². The summed E-state index contributed by atoms with van der Waals surface area (Å²) in [4.78, 5) is 31.6. The molecular formula is C21H25FN4O4. The molecule has 3 rings (SSSR count). The van der Waals surface area contributed by atoms with Crippen molar-refractivity contribution < 1.29 is 18.8 Å². The molecule has 1 aliphatic rings. The molecular weight excluding hydrogens is 391 g/mol. The summed E-state index contributed by atoms with van der Waals surface area (Å²) in [5, 5.41) is 11.2. The lowest BCUT2D eigenvalue weighted by Gasteiger charge is -2.28. The number of hydrogen-bond donors (Lipinski definition) is 0. The molecule has 1 aliphatic heterocycles. The zero-order valence-electron chi connectivity index (χ0n) is 16.9. The van der Waals surface area contributed by atoms with E-state index in [0.29, 0.717) is 26.3 Å². The maximum atomic E-state index is 14.2. The summed E-state index contributed by atoms with van der Waals surface area (Å²) in [6.07, 6.45) is 4.01. The molecule has 1 aromatic heterocycles. The summed E-state index contributed by atoms with van der Waals surface area (Å²) in [6, 6.07) is 5.84. The van der Waals surface area contributed by atoms with Crippen molar-refractivity contribution in [3.05, 3.63) is 69.3 Å². The van der Waals surface area contributed by atoms with Gasteiger partial charge >= 0.3 is 0 Å². The first kappa shape index (κ1) is 21.8. The molecule has 0 atom stereocenters. The van der Waals surface area contributed by atoms with Gasteiger partial charge in [0, 0.05) is 56.7 Å². The minimum absolute atomic E-state index is 0.0229. The molecule has 9 heteroatoms. The van der Waals surface area contributed by atoms with Crippen LogP contribution in [0, 0.1) is 22.9 Å². The van der Waals surface area contributed by atoms with E-state index in [1.165, 1.54) is 6.92 Å². The summed E-state index contributed by atoms with van der Waals surface area (Å²) in [5.41, 5.74) is 0.386. The van der Waals surface area contributed by atoms with Crippen LogP contribution in [-0.2, 0) is 11.3 Å². The molecule has 30 heavy (non-hydrogen) atoms. The second-order valence-electron chi connectivity index (χ2n) is 7.25. The van der Waals surface area contributed by atoms with Crippen LogP contribution in [0.4, 0.5) is 10.1 Å². The van der Waals surface area contributed by atoms with Crippen LogP contribution in [0.3, 0.4) is 0 Å². The van der Waals surface area contributed by atoms with Crippen molar-refractivity contribution in [1.29, 1.82) is 0 Å². The average Bonchev–Trinajstić information content (AvgIpc) is 2.75. The van der Waals surface area contributed by atoms with Crippen molar-refractivity contribution in [3.63, 3.8) is 0 Å². The largest absolute Gasteiger partial charge is 0.379 e. The number of hydrogen-bond acceptors (Lipinski definition) is 6. The molecule has 0 aliphatic carbocycles. The zero-order chi connectivity index (χ0) is 21.5. The molecule has 0 saturated carbocycles. The molecule has 0 radical (unpaired) electrons. The zero-order valence-corrected chi connectivity index (χ0v) is 16.9. The van der Waals surface area contributed by atoms with Gasteiger partial charge in [0.15, 0.2) is 0 Å². The van der Waals surface area contributed by atoms with Crippen molar-refractivity contribution in [2.75, 3.05) is 39.4 Å². The Labute approximate surface area is 174 Å². The third kappa shape index (κ3) is 5.58. The third-order valence-electron chi connectivity index (χ3n) is 5.18. The topological polar surface area (TPSA) is 88.8 Å². The molecule has 1 fully saturated rings. The van der Waals surface area contributed by atoms with E-state index < -0.39 is 22.3 Å². The van der Waals surface area contributed by atoms with Crippen molar-refractivity contribution in [1.82, 2.24) is 14.8 Å². The predicted molar refractivity (Wildman–Crippen MR) is 109 cm³/mol. The van der Waals surface area contributed by atoms with E-state index in [9.17, 15) is 19.3 Å². The smallest absolute Gasteiger partial charge is 0.276 e. The van der Waals surface area contributed by atoms with E-state index in [1.54, 1.807) is 29.4 Å². The average molecular weight is 416 g/mol. The van der Waals surface area contributed by atoms with Crippen LogP contribution >= 0.6 is 0 Å². The van der Waals surface area contributed by atoms with Crippen molar-refractivity contribution in [3.8, 4) is 0 Å². The van der Waals surface area contributed by atoms with Crippen LogP contribution in [-0.4, -0.2) is 65.0 Å². The number of benzene rings is 1. The molecule has 160 valence electrons. The standard InChI is InChI=1S/C21H25FN4O4/c1-16-19(22)13-18(14-20(16)26(28)29)21(27)25(15-17-3-5-23-6-4-17)8-2-7-24-9-11-30-12-10-24/h3-6,13-14H,2,7-12,15H2,1H3. The highest BCUT2D eigenvalue weighted by atomic mass is 19.1. The lowest BCUT2D eigenvalue weighted by molar-refractivity contribution is -0.385. The summed E-state index contributed by atoms with van der Waals surface area (Å²) in [7, 11) is 0. The Morgan fingerprint density at radius 1 is 1.30 bits per heavy atom. The van der Waals surface area contributed by atoms with Gasteiger partial charge in [0.25, 0.3) is 11.6 Å². The van der Waals surface area contributed by atoms with Crippen molar-refractivity contribution in [2.24, 2.45) is 0 Å². The number of morpholine rings is 1. The van der Waals surface area contributed by atoms with Crippen molar-refractivity contribution in [2.45, 2.75) is 19.9 Å². The normalized spacial score (nSPS) is 14.5. The molecule has 2 aromatic rings. The minimum Gasteiger partial charge on any atom is -0.379 e. The van der Waals surface area contributed by atoms with Crippen LogP contribution in [0.25, 0.3) is 0 Å². The third-order valence-corrected chi connectivity index (χ3v) is 5.18. The number of pyridine rings is 1. The number of nitrogens with zero attached hydrogens (tertiary/aromatic N) is 4. The Balaban J connectivity index is 1.77. The van der Waals surface area contributed by atoms with Gasteiger partial charge in [0.1, 0.15) is 5.82 Å². The molecule has 1 saturated heterocycles. The number of ether oxygens (including phenoxy) is 1. The molecule has 2 heterocycles. The highest BCUT2D eigenvalue weighted by Crippen LogP contribution is 2.24. The van der Waals surface area contributed by atoms with Crippen LogP contribution < -0.4 is 0 Å². The summed E-state index contributed by atoms with van der Waals surface area (Å²) in [6.45, 7) is 6.01. The minimum atomic E-state index is -0.760. The molecule has 0 spiro atoms. The molecule has 0 bridgehead atoms. The first-order chi connectivity index (χ1) is 14.5. The van der Waals surface area contributed by atoms with Gasteiger partial charge in [0.05, 0.1) is 23.7 Å². The van der Waals surface area contributed by atoms with Crippen LogP contribution in [0.5, 0.6) is 0 Å². The van der Waals surface area contributed by atoms with Gasteiger partial charge in [0.2, 0.25) is 0 Å². The fourth-order valence-electron chi connectivity index (χ4n) is 3.43. The van der Waals surface area contributed by atoms with Gasteiger partial charge in [-0.05, 0) is 37.1 Å².